The molecule has 0 radical (unpaired) electrons. The average molecular weight is 405 g/mol. The molecule has 13 nitrogen and oxygen atoms in total. The zero-order valence-corrected chi connectivity index (χ0v) is 14.2. The second-order valence-electron chi connectivity index (χ2n) is 5.74. The number of carboxylic acids is 1. The van der Waals surface area contributed by atoms with Crippen LogP contribution in [0.2, 0.25) is 0 Å². The van der Waals surface area contributed by atoms with Crippen LogP contribution in [-0.2, 0) is 27.7 Å². The van der Waals surface area contributed by atoms with Crippen LogP contribution in [0.15, 0.2) is 6.33 Å². The third-order valence-electron chi connectivity index (χ3n) is 4.00. The number of aliphatic hydroxyl groups is 1. The Morgan fingerprint density at radius 1 is 1.52 bits per heavy atom. The van der Waals surface area contributed by atoms with Gasteiger partial charge >= 0.3 is 19.9 Å². The number of anilines is 1. The van der Waals surface area contributed by atoms with Crippen LogP contribution in [0.25, 0.3) is 11.2 Å². The third kappa shape index (κ3) is 3.16. The number of hydrogen-bond donors (Lipinski definition) is 3. The second-order valence-corrected chi connectivity index (χ2v) is 7.36. The van der Waals surface area contributed by atoms with E-state index in [1.54, 1.807) is 0 Å². The van der Waals surface area contributed by atoms with Crippen LogP contribution in [0.1, 0.15) is 6.23 Å². The van der Waals surface area contributed by atoms with Gasteiger partial charge in [-0.3, -0.25) is 18.1 Å². The van der Waals surface area contributed by atoms with Crippen LogP contribution in [0.3, 0.4) is 0 Å². The highest BCUT2D eigenvalue weighted by atomic mass is 31.2. The van der Waals surface area contributed by atoms with Crippen LogP contribution in [0, 0.1) is 6.08 Å². The molecule has 2 aliphatic rings. The Bertz CT molecular complexity index is 955. The van der Waals surface area contributed by atoms with E-state index in [4.69, 9.17) is 29.1 Å². The smallest absolute Gasteiger partial charge is 0.475 e. The Morgan fingerprint density at radius 3 is 3.04 bits per heavy atom. The summed E-state index contributed by atoms with van der Waals surface area (Å²) in [4.78, 5) is 21.6. The number of fused-ring (bicyclic) bond motifs is 3. The quantitative estimate of drug-likeness (QED) is 0.436. The Kier molecular flexibility index (Phi) is 4.33. The number of carboxylic acid groups (broad SMARTS) is 1. The molecule has 2 fully saturated rings. The molecule has 0 spiro atoms. The molecule has 2 aliphatic heterocycles. The molecule has 2 aromatic rings. The molecule has 0 aromatic carbocycles. The number of carbonyl (C=O) groups is 1. The van der Waals surface area contributed by atoms with Gasteiger partial charge in [0.05, 0.1) is 12.9 Å². The van der Waals surface area contributed by atoms with E-state index in [9.17, 15) is 18.9 Å². The van der Waals surface area contributed by atoms with E-state index in [0.29, 0.717) is 0 Å². The number of rotatable bonds is 4. The van der Waals surface area contributed by atoms with E-state index in [1.807, 2.05) is 0 Å². The van der Waals surface area contributed by atoms with Crippen molar-refractivity contribution in [3.05, 3.63) is 12.4 Å². The molecule has 27 heavy (non-hydrogen) atoms. The van der Waals surface area contributed by atoms with Crippen LogP contribution >= 0.6 is 7.82 Å². The molecule has 4 heterocycles. The topological polar surface area (TPSA) is 181 Å². The summed E-state index contributed by atoms with van der Waals surface area (Å²) in [6.07, 6.45) is -4.56. The van der Waals surface area contributed by atoms with Crippen molar-refractivity contribution in [2.24, 2.45) is 0 Å². The van der Waals surface area contributed by atoms with Gasteiger partial charge in [-0.25, -0.2) is 14.3 Å². The van der Waals surface area contributed by atoms with E-state index < -0.39 is 51.0 Å². The molecular weight excluding hydrogens is 392 g/mol. The molecule has 0 saturated carbocycles. The summed E-state index contributed by atoms with van der Waals surface area (Å²) in [5.41, 5.74) is 5.67. The van der Waals surface area contributed by atoms with Gasteiger partial charge < -0.3 is 20.7 Å². The van der Waals surface area contributed by atoms with Gasteiger partial charge in [0.1, 0.15) is 18.3 Å². The highest BCUT2D eigenvalue weighted by Crippen LogP contribution is 2.56. The summed E-state index contributed by atoms with van der Waals surface area (Å²) in [6.45, 7) is -1.32. The zero-order valence-electron chi connectivity index (χ0n) is 13.3. The summed E-state index contributed by atoms with van der Waals surface area (Å²) in [5, 5.41) is 19.0. The summed E-state index contributed by atoms with van der Waals surface area (Å²) < 4.78 is 47.9. The molecule has 2 saturated heterocycles. The number of phosphoric ester groups is 1. The van der Waals surface area contributed by atoms with E-state index in [-0.39, 0.29) is 23.6 Å². The maximum Gasteiger partial charge on any atom is 0.475 e. The van der Waals surface area contributed by atoms with E-state index in [2.05, 4.69) is 15.0 Å². The number of hydrogen-bond acceptors (Lipinski definition) is 11. The fourth-order valence-corrected chi connectivity index (χ4v) is 4.16. The first-order chi connectivity index (χ1) is 12.8. The highest BCUT2D eigenvalue weighted by Gasteiger charge is 2.53. The molecule has 5 atom stereocenters. The maximum atomic E-state index is 13.5. The monoisotopic (exact) mass is 405 g/mol. The molecule has 0 aliphatic carbocycles. The van der Waals surface area contributed by atoms with Crippen molar-refractivity contribution in [2.45, 2.75) is 24.5 Å². The number of nitrogens with two attached hydrogens (primary N) is 1. The normalized spacial score (nSPS) is 33.3. The molecule has 2 bridgehead atoms. The minimum Gasteiger partial charge on any atom is -0.480 e. The number of aliphatic carboxylic acids is 1. The number of imidazole rings is 1. The number of aliphatic hydroxyl groups excluding tert-OH is 1. The number of phosphoric acid groups is 1. The summed E-state index contributed by atoms with van der Waals surface area (Å²) in [5.74, 6) is -1.59. The largest absolute Gasteiger partial charge is 0.480 e. The molecule has 2 aromatic heterocycles. The molecule has 146 valence electrons. The minimum atomic E-state index is -4.30. The lowest BCUT2D eigenvalue weighted by atomic mass is 10.1. The molecular formula is C12H13FN5O8P. The standard InChI is InChI=1S/C12H13FN5O8P/c13-12-16-9(14)6-10(17-12)18(3-15-6)11-8-7(21)4(25-11)1-23-27(22,26-8)24-2-5(19)20/h3-4,7-8,11,21H,1-2H2,(H,19,20)(H2,14,16,17)/t4-,7?,8?,11-,27?/m1/s1. The number of nitrogens with zero attached hydrogens (tertiary/aromatic N) is 4. The van der Waals surface area contributed by atoms with E-state index in [0.717, 1.165) is 0 Å². The third-order valence-corrected chi connectivity index (χ3v) is 5.41. The lowest BCUT2D eigenvalue weighted by molar-refractivity contribution is -0.140. The SMILES string of the molecule is Nc1nc(F)nc2c1ncn2[C@@H]1O[C@@H]2COP(=O)(OCC(=O)O)OC1C2O. The van der Waals surface area contributed by atoms with Gasteiger partial charge in [0.25, 0.3) is 0 Å². The van der Waals surface area contributed by atoms with E-state index >= 15 is 0 Å². The predicted octanol–water partition coefficient (Wildman–Crippen LogP) is -0.569. The van der Waals surface area contributed by atoms with Crippen molar-refractivity contribution >= 4 is 30.8 Å². The van der Waals surface area contributed by atoms with Crippen LogP contribution in [0.4, 0.5) is 10.2 Å². The minimum absolute atomic E-state index is 0.0331. The van der Waals surface area contributed by atoms with Gasteiger partial charge in [0.15, 0.2) is 29.8 Å². The number of aromatic nitrogens is 4. The number of halogens is 1. The molecule has 15 heteroatoms. The Hall–Kier alpha value is -2.22. The fourth-order valence-electron chi connectivity index (χ4n) is 2.84. The van der Waals surface area contributed by atoms with Gasteiger partial charge in [-0.15, -0.1) is 0 Å². The van der Waals surface area contributed by atoms with Crippen LogP contribution in [0.5, 0.6) is 0 Å². The second kappa shape index (κ2) is 6.44. The predicted molar refractivity (Wildman–Crippen MR) is 81.6 cm³/mol. The first-order valence-electron chi connectivity index (χ1n) is 7.56. The van der Waals surface area contributed by atoms with Crippen LogP contribution < -0.4 is 5.73 Å². The van der Waals surface area contributed by atoms with Crippen LogP contribution in [-0.4, -0.2) is 67.2 Å². The van der Waals surface area contributed by atoms with Crippen molar-refractivity contribution in [1.29, 1.82) is 0 Å². The zero-order chi connectivity index (χ0) is 19.3. The lowest BCUT2D eigenvalue weighted by Gasteiger charge is -2.25. The Morgan fingerprint density at radius 2 is 2.30 bits per heavy atom. The molecule has 4 N–H and O–H groups in total. The first kappa shape index (κ1) is 18.2. The summed E-state index contributed by atoms with van der Waals surface area (Å²) in [6, 6.07) is 0. The fraction of sp³-hybridized carbons (Fsp3) is 0.500. The van der Waals surface area contributed by atoms with Gasteiger partial charge in [-0.05, 0) is 0 Å². The van der Waals surface area contributed by atoms with Crippen molar-refractivity contribution in [1.82, 2.24) is 19.5 Å². The number of nitrogen functional groups attached to an aromatic ring is 1. The average Bonchev–Trinajstić information content (AvgIpc) is 3.09. The Labute approximate surface area is 149 Å². The van der Waals surface area contributed by atoms with Gasteiger partial charge in [0, 0.05) is 0 Å². The van der Waals surface area contributed by atoms with Crippen molar-refractivity contribution < 1.29 is 42.3 Å². The van der Waals surface area contributed by atoms with E-state index in [1.165, 1.54) is 10.9 Å². The molecule has 4 rings (SSSR count). The van der Waals surface area contributed by atoms with Crippen molar-refractivity contribution in [3.63, 3.8) is 0 Å². The summed E-state index contributed by atoms with van der Waals surface area (Å²) >= 11 is 0. The Balaban J connectivity index is 1.69. The van der Waals surface area contributed by atoms with Gasteiger partial charge in [-0.2, -0.15) is 14.4 Å². The molecule has 3 unspecified atom stereocenters. The lowest BCUT2D eigenvalue weighted by Crippen LogP contribution is -2.32. The van der Waals surface area contributed by atoms with Gasteiger partial charge in [0.2, 0.25) is 0 Å². The van der Waals surface area contributed by atoms with Gasteiger partial charge in [-0.1, -0.05) is 0 Å². The maximum absolute atomic E-state index is 13.5. The van der Waals surface area contributed by atoms with Crippen molar-refractivity contribution in [3.8, 4) is 0 Å². The summed E-state index contributed by atoms with van der Waals surface area (Å²) in [7, 11) is -4.30. The van der Waals surface area contributed by atoms with Crippen molar-refractivity contribution in [2.75, 3.05) is 18.9 Å². The first-order valence-corrected chi connectivity index (χ1v) is 9.02. The molecule has 0 amide bonds. The highest BCUT2D eigenvalue weighted by molar-refractivity contribution is 7.48. The number of ether oxygens (including phenoxy) is 1.